The first kappa shape index (κ1) is 17.3. The van der Waals surface area contributed by atoms with Crippen LogP contribution < -0.4 is 15.8 Å². The van der Waals surface area contributed by atoms with E-state index in [1.54, 1.807) is 18.2 Å². The number of nitro benzene ring substituents is 1. The number of esters is 1. The molecule has 26 heavy (non-hydrogen) atoms. The van der Waals surface area contributed by atoms with Gasteiger partial charge in [0.05, 0.1) is 21.9 Å². The molecular formula is C16H10BNO8. The third-order valence-corrected chi connectivity index (χ3v) is 3.50. The first-order valence-electron chi connectivity index (χ1n) is 7.26. The third kappa shape index (κ3) is 3.46. The molecule has 0 aliphatic carbocycles. The molecule has 130 valence electrons. The monoisotopic (exact) mass is 355 g/mol. The van der Waals surface area contributed by atoms with Crippen LogP contribution >= 0.6 is 0 Å². The lowest BCUT2D eigenvalue weighted by atomic mass is 9.79. The molecule has 1 heterocycles. The van der Waals surface area contributed by atoms with Crippen LogP contribution in [0.25, 0.3) is 11.0 Å². The molecule has 0 saturated carbocycles. The summed E-state index contributed by atoms with van der Waals surface area (Å²) in [4.78, 5) is 34.2. The molecule has 3 rings (SSSR count). The molecule has 2 N–H and O–H groups in total. The molecule has 0 fully saturated rings. The molecule has 0 aliphatic rings. The number of non-ortho nitro benzene ring substituents is 1. The predicted octanol–water partition coefficient (Wildman–Crippen LogP) is 0.600. The minimum Gasteiger partial charge on any atom is -0.423 e. The molecule has 0 amide bonds. The average molecular weight is 355 g/mol. The minimum absolute atomic E-state index is 0.0838. The number of hydrogen-bond donors (Lipinski definition) is 2. The lowest BCUT2D eigenvalue weighted by molar-refractivity contribution is -0.384. The van der Waals surface area contributed by atoms with Gasteiger partial charge >= 0.3 is 18.7 Å². The molecule has 0 unspecified atom stereocenters. The van der Waals surface area contributed by atoms with E-state index in [1.165, 1.54) is 6.07 Å². The van der Waals surface area contributed by atoms with Crippen molar-refractivity contribution >= 4 is 35.2 Å². The zero-order valence-corrected chi connectivity index (χ0v) is 13.0. The van der Waals surface area contributed by atoms with E-state index in [4.69, 9.17) is 9.15 Å². The fourth-order valence-electron chi connectivity index (χ4n) is 2.33. The van der Waals surface area contributed by atoms with E-state index in [0.29, 0.717) is 5.39 Å². The molecular weight excluding hydrogens is 345 g/mol. The number of carbonyl (C=O) groups is 1. The smallest absolute Gasteiger partial charge is 0.423 e. The van der Waals surface area contributed by atoms with Crippen molar-refractivity contribution in [3.05, 3.63) is 74.6 Å². The normalized spacial score (nSPS) is 10.5. The Labute approximate surface area is 145 Å². The fourth-order valence-corrected chi connectivity index (χ4v) is 2.33. The van der Waals surface area contributed by atoms with Crippen molar-refractivity contribution < 1.29 is 28.9 Å². The quantitative estimate of drug-likeness (QED) is 0.228. The van der Waals surface area contributed by atoms with Crippen molar-refractivity contribution in [2.75, 3.05) is 0 Å². The van der Waals surface area contributed by atoms with E-state index in [2.05, 4.69) is 0 Å². The Kier molecular flexibility index (Phi) is 4.52. The van der Waals surface area contributed by atoms with E-state index in [0.717, 1.165) is 24.3 Å². The van der Waals surface area contributed by atoms with Crippen LogP contribution in [0.1, 0.15) is 10.4 Å². The lowest BCUT2D eigenvalue weighted by Gasteiger charge is -2.08. The van der Waals surface area contributed by atoms with Gasteiger partial charge in [0, 0.05) is 12.1 Å². The highest BCUT2D eigenvalue weighted by Crippen LogP contribution is 2.24. The van der Waals surface area contributed by atoms with Crippen LogP contribution in [0.15, 0.2) is 57.7 Å². The van der Waals surface area contributed by atoms with Crippen molar-refractivity contribution in [2.45, 2.75) is 0 Å². The van der Waals surface area contributed by atoms with Crippen molar-refractivity contribution in [1.82, 2.24) is 0 Å². The second-order valence-corrected chi connectivity index (χ2v) is 5.26. The summed E-state index contributed by atoms with van der Waals surface area (Å²) in [5.74, 6) is -1.09. The Morgan fingerprint density at radius 2 is 1.88 bits per heavy atom. The van der Waals surface area contributed by atoms with Crippen LogP contribution in [0.3, 0.4) is 0 Å². The Hall–Kier alpha value is -3.50. The van der Waals surface area contributed by atoms with Gasteiger partial charge in [0.15, 0.2) is 0 Å². The molecule has 0 saturated heterocycles. The maximum Gasteiger partial charge on any atom is 0.488 e. The summed E-state index contributed by atoms with van der Waals surface area (Å²) in [5.41, 5.74) is -1.58. The highest BCUT2D eigenvalue weighted by molar-refractivity contribution is 6.58. The Balaban J connectivity index is 2.04. The van der Waals surface area contributed by atoms with Crippen LogP contribution in [-0.4, -0.2) is 28.1 Å². The number of fused-ring (bicyclic) bond motifs is 1. The van der Waals surface area contributed by atoms with Gasteiger partial charge in [0.1, 0.15) is 11.3 Å². The average Bonchev–Trinajstić information content (AvgIpc) is 2.61. The number of rotatable bonds is 4. The number of nitrogens with zero attached hydrogens (tertiary/aromatic N) is 1. The Morgan fingerprint density at radius 1 is 1.15 bits per heavy atom. The standard InChI is InChI=1S/C16H10BNO8/c19-15-8-14(12-3-1-2-4-13(12)25-15)26-16(20)9-5-10(17(21)22)7-11(6-9)18(23)24/h1-8,21-22H. The van der Waals surface area contributed by atoms with Crippen molar-refractivity contribution in [1.29, 1.82) is 0 Å². The first-order chi connectivity index (χ1) is 12.3. The number of para-hydroxylation sites is 1. The predicted molar refractivity (Wildman–Crippen MR) is 90.4 cm³/mol. The Morgan fingerprint density at radius 3 is 2.58 bits per heavy atom. The molecule has 2 aromatic carbocycles. The molecule has 0 radical (unpaired) electrons. The summed E-state index contributed by atoms with van der Waals surface area (Å²) >= 11 is 0. The zero-order chi connectivity index (χ0) is 18.8. The van der Waals surface area contributed by atoms with Gasteiger partial charge in [-0.3, -0.25) is 10.1 Å². The second-order valence-electron chi connectivity index (χ2n) is 5.26. The molecule has 1 aromatic heterocycles. The summed E-state index contributed by atoms with van der Waals surface area (Å²) in [6.07, 6.45) is 0. The van der Waals surface area contributed by atoms with Gasteiger partial charge in [0.25, 0.3) is 5.69 Å². The van der Waals surface area contributed by atoms with E-state index < -0.39 is 29.3 Å². The molecule has 0 bridgehead atoms. The van der Waals surface area contributed by atoms with Gasteiger partial charge in [-0.05, 0) is 23.7 Å². The molecule has 10 heteroatoms. The number of ether oxygens (including phenoxy) is 1. The Bertz CT molecular complexity index is 1080. The van der Waals surface area contributed by atoms with Crippen LogP contribution in [0.2, 0.25) is 0 Å². The molecule has 9 nitrogen and oxygen atoms in total. The molecule has 0 spiro atoms. The maximum absolute atomic E-state index is 12.4. The van der Waals surface area contributed by atoms with E-state index >= 15 is 0 Å². The summed E-state index contributed by atoms with van der Waals surface area (Å²) in [7, 11) is -2.01. The zero-order valence-electron chi connectivity index (χ0n) is 13.0. The van der Waals surface area contributed by atoms with Crippen molar-refractivity contribution in [2.24, 2.45) is 0 Å². The number of hydrogen-bond acceptors (Lipinski definition) is 8. The van der Waals surface area contributed by atoms with Gasteiger partial charge in [-0.1, -0.05) is 12.1 Å². The molecule has 0 aliphatic heterocycles. The molecule has 0 atom stereocenters. The van der Waals surface area contributed by atoms with Gasteiger partial charge in [-0.25, -0.2) is 9.59 Å². The van der Waals surface area contributed by atoms with Crippen LogP contribution in [0.4, 0.5) is 5.69 Å². The summed E-state index contributed by atoms with van der Waals surface area (Å²) < 4.78 is 10.2. The van der Waals surface area contributed by atoms with Gasteiger partial charge in [-0.15, -0.1) is 0 Å². The minimum atomic E-state index is -2.01. The highest BCUT2D eigenvalue weighted by Gasteiger charge is 2.22. The van der Waals surface area contributed by atoms with E-state index in [-0.39, 0.29) is 22.4 Å². The first-order valence-corrected chi connectivity index (χ1v) is 7.26. The number of nitro groups is 1. The topological polar surface area (TPSA) is 140 Å². The summed E-state index contributed by atoms with van der Waals surface area (Å²) in [5, 5.41) is 29.8. The highest BCUT2D eigenvalue weighted by atomic mass is 16.6. The molecule has 3 aromatic rings. The van der Waals surface area contributed by atoms with Crippen LogP contribution in [0.5, 0.6) is 5.75 Å². The third-order valence-electron chi connectivity index (χ3n) is 3.50. The summed E-state index contributed by atoms with van der Waals surface area (Å²) in [6, 6.07) is 10.2. The maximum atomic E-state index is 12.4. The number of benzene rings is 2. The van der Waals surface area contributed by atoms with Gasteiger partial charge < -0.3 is 19.2 Å². The second kappa shape index (κ2) is 6.79. The van der Waals surface area contributed by atoms with Crippen LogP contribution in [0, 0.1) is 10.1 Å². The SMILES string of the molecule is O=C(Oc1cc(=O)oc2ccccc12)c1cc(B(O)O)cc([N+](=O)[O-])c1. The van der Waals surface area contributed by atoms with E-state index in [1.807, 2.05) is 0 Å². The fraction of sp³-hybridized carbons (Fsp3) is 0. The van der Waals surface area contributed by atoms with Crippen molar-refractivity contribution in [3.8, 4) is 5.75 Å². The van der Waals surface area contributed by atoms with Crippen LogP contribution in [-0.2, 0) is 0 Å². The largest absolute Gasteiger partial charge is 0.488 e. The lowest BCUT2D eigenvalue weighted by Crippen LogP contribution is -2.31. The van der Waals surface area contributed by atoms with E-state index in [9.17, 15) is 29.8 Å². The van der Waals surface area contributed by atoms with Gasteiger partial charge in [-0.2, -0.15) is 0 Å². The van der Waals surface area contributed by atoms with Gasteiger partial charge in [0.2, 0.25) is 0 Å². The summed E-state index contributed by atoms with van der Waals surface area (Å²) in [6.45, 7) is 0. The van der Waals surface area contributed by atoms with Crippen molar-refractivity contribution in [3.63, 3.8) is 0 Å². The number of carbonyl (C=O) groups excluding carboxylic acids is 1.